The normalized spacial score (nSPS) is 21.0. The lowest BCUT2D eigenvalue weighted by molar-refractivity contribution is -0.00571. The molecule has 1 N–H and O–H groups in total. The Hall–Kier alpha value is -4.98. The number of hydrogen-bond donors (Lipinski definition) is 1. The van der Waals surface area contributed by atoms with Gasteiger partial charge in [-0.2, -0.15) is 5.10 Å². The van der Waals surface area contributed by atoms with Gasteiger partial charge in [-0.1, -0.05) is 37.3 Å². The minimum absolute atomic E-state index is 0.0245. The van der Waals surface area contributed by atoms with Crippen LogP contribution in [0, 0.1) is 11.8 Å². The van der Waals surface area contributed by atoms with E-state index < -0.39 is 11.6 Å². The van der Waals surface area contributed by atoms with E-state index in [-0.39, 0.29) is 29.2 Å². The van der Waals surface area contributed by atoms with Gasteiger partial charge in [0.2, 0.25) is 0 Å². The number of rotatable bonds is 6. The quantitative estimate of drug-likeness (QED) is 0.220. The number of benzene rings is 3. The second-order valence-electron chi connectivity index (χ2n) is 15.0. The maximum atomic E-state index is 14.3. The number of allylic oxidation sites excluding steroid dienone is 1. The van der Waals surface area contributed by atoms with Gasteiger partial charge in [0.1, 0.15) is 11.4 Å². The molecule has 1 saturated carbocycles. The van der Waals surface area contributed by atoms with E-state index in [1.54, 1.807) is 12.1 Å². The summed E-state index contributed by atoms with van der Waals surface area (Å²) >= 11 is 0. The van der Waals surface area contributed by atoms with Crippen LogP contribution in [0.1, 0.15) is 113 Å². The van der Waals surface area contributed by atoms with Crippen molar-refractivity contribution in [1.82, 2.24) is 14.7 Å². The van der Waals surface area contributed by atoms with E-state index in [1.807, 2.05) is 58.4 Å². The number of fused-ring (bicyclic) bond motifs is 2. The highest BCUT2D eigenvalue weighted by molar-refractivity contribution is 6.02. The van der Waals surface area contributed by atoms with E-state index in [1.165, 1.54) is 18.4 Å². The number of ketones is 1. The molecule has 2 atom stereocenters. The molecular formula is C42H43N3O5. The number of carbonyl (C=O) groups is 3. The van der Waals surface area contributed by atoms with Crippen LogP contribution in [-0.4, -0.2) is 56.1 Å². The summed E-state index contributed by atoms with van der Waals surface area (Å²) in [6, 6.07) is 17.1. The first-order valence-corrected chi connectivity index (χ1v) is 18.0. The lowest BCUT2D eigenvalue weighted by Crippen LogP contribution is -2.52. The summed E-state index contributed by atoms with van der Waals surface area (Å²) < 4.78 is 8.52. The zero-order chi connectivity index (χ0) is 34.7. The predicted octanol–water partition coefficient (Wildman–Crippen LogP) is 8.68. The van der Waals surface area contributed by atoms with Crippen LogP contribution in [0.25, 0.3) is 28.3 Å². The molecule has 0 bridgehead atoms. The standard InChI is InChI=1S/C42H43N3O5/c1-25(2)45-24-32(23-43-45)30-13-14-39-37(19-30)38(46)22-42(50-39)15-17-44(18-16-42)40(47)31-20-35-26(3)33(27-7-8-27)5-4-6-34(35)36(21-31)28-9-11-29(12-10-28)41(48)49/h4,6,9-14,19-21,23-27,33H,5,7-8,15-18,22H2,1-3H3,(H,48,49). The van der Waals surface area contributed by atoms with Crippen molar-refractivity contribution in [1.29, 1.82) is 0 Å². The number of aromatic carboxylic acids is 1. The SMILES string of the molecule is CC1c2cc(C(=O)N3CCC4(CC3)CC(=O)c3cc(-c5cnn(C(C)C)c5)ccc3O4)cc(-c3ccc(C(=O)O)cc3)c2C=CCC1C1CC1. The smallest absolute Gasteiger partial charge is 0.335 e. The fourth-order valence-corrected chi connectivity index (χ4v) is 8.32. The Morgan fingerprint density at radius 3 is 2.36 bits per heavy atom. The Kier molecular flexibility index (Phi) is 8.00. The molecule has 50 heavy (non-hydrogen) atoms. The first-order chi connectivity index (χ1) is 24.1. The van der Waals surface area contributed by atoms with Gasteiger partial charge in [-0.05, 0) is 115 Å². The van der Waals surface area contributed by atoms with Crippen molar-refractivity contribution >= 4 is 23.7 Å². The number of ether oxygens (including phenoxy) is 1. The van der Waals surface area contributed by atoms with Gasteiger partial charge in [-0.3, -0.25) is 14.3 Å². The molecule has 256 valence electrons. The maximum absolute atomic E-state index is 14.3. The summed E-state index contributed by atoms with van der Waals surface area (Å²) in [6.45, 7) is 7.44. The van der Waals surface area contributed by atoms with Gasteiger partial charge in [0, 0.05) is 49.3 Å². The number of hydrogen-bond acceptors (Lipinski definition) is 5. The van der Waals surface area contributed by atoms with E-state index in [9.17, 15) is 19.5 Å². The van der Waals surface area contributed by atoms with Crippen LogP contribution in [0.3, 0.4) is 0 Å². The van der Waals surface area contributed by atoms with E-state index in [4.69, 9.17) is 4.74 Å². The summed E-state index contributed by atoms with van der Waals surface area (Å²) in [6.07, 6.45) is 13.3. The minimum Gasteiger partial charge on any atom is -0.486 e. The van der Waals surface area contributed by atoms with Crippen LogP contribution < -0.4 is 4.74 Å². The fourth-order valence-electron chi connectivity index (χ4n) is 8.32. The van der Waals surface area contributed by atoms with Crippen molar-refractivity contribution in [2.24, 2.45) is 11.8 Å². The summed E-state index contributed by atoms with van der Waals surface area (Å²) in [5.74, 6) is 1.23. The molecule has 2 aliphatic heterocycles. The number of Topliss-reactive ketones (excluding diaryl/α,β-unsaturated/α-hetero) is 1. The van der Waals surface area contributed by atoms with Crippen molar-refractivity contribution in [2.75, 3.05) is 13.1 Å². The second kappa shape index (κ2) is 12.4. The molecule has 4 aliphatic rings. The van der Waals surface area contributed by atoms with Gasteiger partial charge in [0.15, 0.2) is 5.78 Å². The van der Waals surface area contributed by atoms with Crippen molar-refractivity contribution in [2.45, 2.75) is 76.9 Å². The highest BCUT2D eigenvalue weighted by Gasteiger charge is 2.44. The Bertz CT molecular complexity index is 2030. The highest BCUT2D eigenvalue weighted by atomic mass is 16.5. The number of aromatic nitrogens is 2. The van der Waals surface area contributed by atoms with Crippen LogP contribution in [-0.2, 0) is 0 Å². The molecule has 0 radical (unpaired) electrons. The van der Waals surface area contributed by atoms with Crippen LogP contribution in [0.15, 0.2) is 73.1 Å². The Balaban J connectivity index is 1.04. The summed E-state index contributed by atoms with van der Waals surface area (Å²) in [7, 11) is 0. The van der Waals surface area contributed by atoms with Crippen LogP contribution >= 0.6 is 0 Å². The topological polar surface area (TPSA) is 102 Å². The van der Waals surface area contributed by atoms with E-state index in [0.717, 1.165) is 40.2 Å². The molecule has 3 heterocycles. The van der Waals surface area contributed by atoms with Crippen molar-refractivity contribution < 1.29 is 24.2 Å². The van der Waals surface area contributed by atoms with E-state index in [0.29, 0.717) is 55.1 Å². The average Bonchev–Trinajstić information content (AvgIpc) is 3.86. The largest absolute Gasteiger partial charge is 0.486 e. The Morgan fingerprint density at radius 2 is 1.68 bits per heavy atom. The van der Waals surface area contributed by atoms with Crippen LogP contribution in [0.2, 0.25) is 0 Å². The monoisotopic (exact) mass is 669 g/mol. The Labute approximate surface area is 292 Å². The van der Waals surface area contributed by atoms with Crippen molar-refractivity contribution in [3.63, 3.8) is 0 Å². The molecule has 1 aromatic heterocycles. The van der Waals surface area contributed by atoms with Gasteiger partial charge >= 0.3 is 5.97 Å². The molecule has 8 rings (SSSR count). The van der Waals surface area contributed by atoms with Gasteiger partial charge in [-0.15, -0.1) is 0 Å². The second-order valence-corrected chi connectivity index (χ2v) is 15.0. The molecular weight excluding hydrogens is 626 g/mol. The lowest BCUT2D eigenvalue weighted by atomic mass is 9.79. The molecule has 1 amide bonds. The minimum atomic E-state index is -0.963. The molecule has 1 saturated heterocycles. The number of amides is 1. The lowest BCUT2D eigenvalue weighted by Gasteiger charge is -2.44. The van der Waals surface area contributed by atoms with Gasteiger partial charge in [-0.25, -0.2) is 4.79 Å². The third kappa shape index (κ3) is 5.84. The van der Waals surface area contributed by atoms with Gasteiger partial charge in [0.05, 0.1) is 23.7 Å². The first-order valence-electron chi connectivity index (χ1n) is 18.0. The number of likely N-dealkylation sites (tertiary alicyclic amines) is 1. The first kappa shape index (κ1) is 32.2. The zero-order valence-electron chi connectivity index (χ0n) is 28.9. The summed E-state index contributed by atoms with van der Waals surface area (Å²) in [4.78, 5) is 41.4. The summed E-state index contributed by atoms with van der Waals surface area (Å²) in [5, 5.41) is 13.9. The predicted molar refractivity (Wildman–Crippen MR) is 193 cm³/mol. The van der Waals surface area contributed by atoms with Crippen LogP contribution in [0.4, 0.5) is 0 Å². The number of carboxylic acid groups (broad SMARTS) is 1. The zero-order valence-corrected chi connectivity index (χ0v) is 28.9. The van der Waals surface area contributed by atoms with Crippen LogP contribution in [0.5, 0.6) is 5.75 Å². The number of carboxylic acids is 1. The molecule has 1 spiro atoms. The number of carbonyl (C=O) groups excluding carboxylic acids is 2. The van der Waals surface area contributed by atoms with E-state index in [2.05, 4.69) is 44.1 Å². The van der Waals surface area contributed by atoms with Crippen molar-refractivity contribution in [3.05, 3.63) is 101 Å². The average molecular weight is 670 g/mol. The molecule has 2 aliphatic carbocycles. The molecule has 8 heteroatoms. The molecule has 4 aromatic rings. The summed E-state index contributed by atoms with van der Waals surface area (Å²) in [5.41, 5.74) is 6.89. The van der Waals surface area contributed by atoms with Gasteiger partial charge < -0.3 is 14.7 Å². The fraction of sp³-hybridized carbons (Fsp3) is 0.381. The van der Waals surface area contributed by atoms with Crippen molar-refractivity contribution in [3.8, 4) is 28.0 Å². The molecule has 3 aromatic carbocycles. The number of piperidine rings is 1. The molecule has 2 unspecified atom stereocenters. The molecule has 2 fully saturated rings. The van der Waals surface area contributed by atoms with Gasteiger partial charge in [0.25, 0.3) is 5.91 Å². The van der Waals surface area contributed by atoms with E-state index >= 15 is 0 Å². The number of nitrogens with zero attached hydrogens (tertiary/aromatic N) is 3. The Morgan fingerprint density at radius 1 is 0.940 bits per heavy atom. The third-order valence-electron chi connectivity index (χ3n) is 11.5. The maximum Gasteiger partial charge on any atom is 0.335 e. The molecule has 8 nitrogen and oxygen atoms in total. The third-order valence-corrected chi connectivity index (χ3v) is 11.5. The highest BCUT2D eigenvalue weighted by Crippen LogP contribution is 2.49.